The van der Waals surface area contributed by atoms with Gasteiger partial charge in [-0.2, -0.15) is 0 Å². The molecule has 6 aromatic heterocycles. The predicted octanol–water partition coefficient (Wildman–Crippen LogP) is 40.7. The Morgan fingerprint density at radius 3 is 0.639 bits per heavy atom. The number of thiophene rings is 3. The van der Waals surface area contributed by atoms with Crippen molar-refractivity contribution >= 4 is 192 Å². The summed E-state index contributed by atoms with van der Waals surface area (Å²) in [7, 11) is 0. The van der Waals surface area contributed by atoms with Crippen molar-refractivity contribution in [2.45, 2.75) is 0 Å². The van der Waals surface area contributed by atoms with E-state index in [0.717, 1.165) is 50.3 Å². The van der Waals surface area contributed by atoms with Gasteiger partial charge in [0, 0.05) is 126 Å². The van der Waals surface area contributed by atoms with E-state index in [4.69, 9.17) is 15.0 Å². The first kappa shape index (κ1) is 86.6. The molecule has 684 valence electrons. The number of rotatable bonds is 12. The SMILES string of the molecule is c1ccc(-c2cc(-c3ccccc3)c3sc4c(-c5ccc(-c6ccc7c8ccccc8c8ccccc8c7n6)cc5)cc(-c5ccccc5)cc4c3c2)cc1.c1ccc(-c2ccc3sc4c(-c5ccc(-c6ccc7c8ccccc8c8ccccc8c7n6)cc5)cc(-c5ccccc5)cc4c3c2)cc1.c1ccc(-c2cccc3c2sc2c(-c4ccc(-c5ccc6c7ccccc7c7ccccc7c6n5)cc4)cccc23)cc1. The van der Waals surface area contributed by atoms with Gasteiger partial charge in [-0.25, -0.2) is 15.0 Å². The number of nitrogens with zero attached hydrogens (tertiary/aromatic N) is 3. The van der Waals surface area contributed by atoms with Crippen LogP contribution in [0.1, 0.15) is 0 Å². The first-order valence-corrected chi connectivity index (χ1v) is 52.6. The highest BCUT2D eigenvalue weighted by molar-refractivity contribution is 7.27. The van der Waals surface area contributed by atoms with Crippen LogP contribution >= 0.6 is 34.0 Å². The lowest BCUT2D eigenvalue weighted by Crippen LogP contribution is -1.89. The second-order valence-electron chi connectivity index (χ2n) is 38.1. The van der Waals surface area contributed by atoms with E-state index in [0.29, 0.717) is 0 Å². The third kappa shape index (κ3) is 15.4. The fraction of sp³-hybridized carbons (Fsp3) is 0. The normalized spacial score (nSPS) is 11.7. The monoisotopic (exact) mass is 1920 g/mol. The molecule has 147 heavy (non-hydrogen) atoms. The molecule has 0 aliphatic carbocycles. The molecule has 30 aromatic rings. The lowest BCUT2D eigenvalue weighted by Gasteiger charge is -2.12. The Hall–Kier alpha value is -18.3. The molecular weight excluding hydrogens is 1830 g/mol. The van der Waals surface area contributed by atoms with Crippen LogP contribution < -0.4 is 0 Å². The van der Waals surface area contributed by atoms with Crippen LogP contribution in [0.25, 0.3) is 292 Å². The highest BCUT2D eigenvalue weighted by atomic mass is 32.1. The van der Waals surface area contributed by atoms with Crippen molar-refractivity contribution in [1.82, 2.24) is 15.0 Å². The van der Waals surface area contributed by atoms with E-state index in [1.54, 1.807) is 0 Å². The van der Waals surface area contributed by atoms with Crippen LogP contribution in [0.15, 0.2) is 528 Å². The summed E-state index contributed by atoms with van der Waals surface area (Å²) in [6.45, 7) is 0. The maximum atomic E-state index is 5.33. The molecule has 24 aromatic carbocycles. The number of benzene rings is 24. The van der Waals surface area contributed by atoms with Crippen molar-refractivity contribution in [3.63, 3.8) is 0 Å². The third-order valence-corrected chi connectivity index (χ3v) is 33.4. The zero-order valence-corrected chi connectivity index (χ0v) is 82.2. The summed E-state index contributed by atoms with van der Waals surface area (Å²) in [6, 6.07) is 191. The summed E-state index contributed by atoms with van der Waals surface area (Å²) in [5.74, 6) is 0. The summed E-state index contributed by atoms with van der Waals surface area (Å²) < 4.78 is 7.90. The minimum absolute atomic E-state index is 0.977. The average Bonchev–Trinajstić information content (AvgIpc) is 1.000. The molecule has 0 fully saturated rings. The Bertz CT molecular complexity index is 10300. The van der Waals surface area contributed by atoms with Gasteiger partial charge in [-0.3, -0.25) is 0 Å². The van der Waals surface area contributed by atoms with Crippen molar-refractivity contribution in [3.8, 4) is 134 Å². The van der Waals surface area contributed by atoms with Crippen LogP contribution in [0.3, 0.4) is 0 Å². The van der Waals surface area contributed by atoms with Crippen molar-refractivity contribution in [1.29, 1.82) is 0 Å². The maximum absolute atomic E-state index is 5.33. The zero-order valence-electron chi connectivity index (χ0n) is 79.8. The van der Waals surface area contributed by atoms with E-state index in [9.17, 15) is 0 Å². The van der Waals surface area contributed by atoms with E-state index < -0.39 is 0 Å². The number of pyridine rings is 3. The Kier molecular flexibility index (Phi) is 21.6. The molecule has 6 heteroatoms. The largest absolute Gasteiger partial charge is 0.247 e. The molecule has 0 spiro atoms. The van der Waals surface area contributed by atoms with Gasteiger partial charge >= 0.3 is 0 Å². The predicted molar refractivity (Wildman–Crippen MR) is 634 cm³/mol. The molecule has 6 heterocycles. The summed E-state index contributed by atoms with van der Waals surface area (Å²) in [5.41, 5.74) is 31.7. The van der Waals surface area contributed by atoms with Gasteiger partial charge in [-0.1, -0.05) is 443 Å². The smallest absolute Gasteiger partial charge is 0.0794 e. The molecule has 0 radical (unpaired) electrons. The molecule has 30 rings (SSSR count). The zero-order chi connectivity index (χ0) is 96.9. The summed E-state index contributed by atoms with van der Waals surface area (Å²) >= 11 is 5.68. The van der Waals surface area contributed by atoms with Crippen LogP contribution in [-0.4, -0.2) is 15.0 Å². The van der Waals surface area contributed by atoms with E-state index in [1.807, 2.05) is 34.0 Å². The minimum Gasteiger partial charge on any atom is -0.247 e. The highest BCUT2D eigenvalue weighted by Gasteiger charge is 2.24. The van der Waals surface area contributed by atoms with Crippen LogP contribution in [0.4, 0.5) is 0 Å². The standard InChI is InChI=1S/C53H33NS.C47H29NS.C41H25NS/c1-4-14-34(15-5-1)39-30-46(36-18-8-3-9-19-36)52-48(32-39)49-33-40(35-16-6-2-7-17-35)31-47(53(49)55-52)37-24-26-38(27-25-37)50-29-28-45-43-22-11-10-20-41(43)42-21-12-13-23-44(42)51(45)54-50;1-3-11-30(12-4-1)34-23-26-45-42(27-34)43-29-35(31-13-5-2-6-14-31)28-41(47(43)49-45)32-19-21-33(22-20-32)44-25-24-40-38-17-8-7-15-36(38)37-16-9-10-18-39(37)46(40)48-44;1-2-10-26(11-3-1)29-16-8-18-36-37-19-9-17-30(41(37)43-40(29)36)27-20-22-28(23-21-27)38-25-24-35-33-14-5-4-12-31(33)32-13-6-7-15-34(32)39(35)42-38/h1-33H;1-29H;1-25H. The number of aromatic nitrogens is 3. The van der Waals surface area contributed by atoms with Gasteiger partial charge in [-0.05, 0) is 217 Å². The molecule has 0 saturated heterocycles. The van der Waals surface area contributed by atoms with Crippen LogP contribution in [0.2, 0.25) is 0 Å². The summed E-state index contributed by atoms with van der Waals surface area (Å²) in [5, 5.41) is 26.2. The first-order valence-electron chi connectivity index (χ1n) is 50.1. The number of hydrogen-bond acceptors (Lipinski definition) is 6. The van der Waals surface area contributed by atoms with Crippen LogP contribution in [0, 0.1) is 0 Å². The maximum Gasteiger partial charge on any atom is 0.0794 e. The van der Waals surface area contributed by atoms with Crippen molar-refractivity contribution in [3.05, 3.63) is 528 Å². The first-order chi connectivity index (χ1) is 72.9. The van der Waals surface area contributed by atoms with Crippen molar-refractivity contribution < 1.29 is 0 Å². The minimum atomic E-state index is 0.977. The fourth-order valence-electron chi connectivity index (χ4n) is 22.4. The molecular formula is C141H87N3S3. The van der Waals surface area contributed by atoms with Crippen molar-refractivity contribution in [2.24, 2.45) is 0 Å². The van der Waals surface area contributed by atoms with Gasteiger partial charge in [-0.15, -0.1) is 34.0 Å². The lowest BCUT2D eigenvalue weighted by atomic mass is 9.93. The molecule has 0 bridgehead atoms. The molecule has 0 unspecified atom stereocenters. The van der Waals surface area contributed by atoms with Gasteiger partial charge in [0.25, 0.3) is 0 Å². The Labute approximate surface area is 861 Å². The third-order valence-electron chi connectivity index (χ3n) is 29.6. The van der Waals surface area contributed by atoms with Gasteiger partial charge in [0.05, 0.1) is 33.6 Å². The topological polar surface area (TPSA) is 38.7 Å². The molecule has 0 saturated carbocycles. The highest BCUT2D eigenvalue weighted by Crippen LogP contribution is 2.52. The van der Waals surface area contributed by atoms with E-state index in [1.165, 1.54) is 241 Å². The molecule has 0 atom stereocenters. The van der Waals surface area contributed by atoms with Gasteiger partial charge < -0.3 is 0 Å². The van der Waals surface area contributed by atoms with Gasteiger partial charge in [0.1, 0.15) is 0 Å². The molecule has 3 nitrogen and oxygen atoms in total. The average molecular weight is 1920 g/mol. The van der Waals surface area contributed by atoms with E-state index >= 15 is 0 Å². The molecule has 0 amide bonds. The summed E-state index contributed by atoms with van der Waals surface area (Å²) in [4.78, 5) is 15.9. The lowest BCUT2D eigenvalue weighted by molar-refractivity contribution is 1.41. The second kappa shape index (κ2) is 36.6. The van der Waals surface area contributed by atoms with Crippen LogP contribution in [-0.2, 0) is 0 Å². The molecule has 0 N–H and O–H groups in total. The quantitative estimate of drug-likeness (QED) is 0.114. The Balaban J connectivity index is 0.000000107. The van der Waals surface area contributed by atoms with Gasteiger partial charge in [0.2, 0.25) is 0 Å². The molecule has 0 aliphatic heterocycles. The van der Waals surface area contributed by atoms with Gasteiger partial charge in [0.15, 0.2) is 0 Å². The number of fused-ring (bicyclic) bond motifs is 27. The van der Waals surface area contributed by atoms with Crippen molar-refractivity contribution in [2.75, 3.05) is 0 Å². The van der Waals surface area contributed by atoms with E-state index in [-0.39, 0.29) is 0 Å². The Morgan fingerprint density at radius 1 is 0.109 bits per heavy atom. The number of hydrogen-bond donors (Lipinski definition) is 0. The molecule has 0 aliphatic rings. The van der Waals surface area contributed by atoms with E-state index in [2.05, 4.69) is 528 Å². The second-order valence-corrected chi connectivity index (χ2v) is 41.2. The fourth-order valence-corrected chi connectivity index (χ4v) is 26.3. The summed E-state index contributed by atoms with van der Waals surface area (Å²) in [6.07, 6.45) is 0. The Morgan fingerprint density at radius 2 is 0.320 bits per heavy atom. The van der Waals surface area contributed by atoms with Crippen LogP contribution in [0.5, 0.6) is 0 Å².